The van der Waals surface area contributed by atoms with Gasteiger partial charge in [-0.05, 0) is 6.92 Å². The fraction of sp³-hybridized carbons (Fsp3) is 0.455. The van der Waals surface area contributed by atoms with Gasteiger partial charge >= 0.3 is 0 Å². The number of rotatable bonds is 1. The molecule has 1 rings (SSSR count). The Morgan fingerprint density at radius 3 is 1.75 bits per heavy atom. The van der Waals surface area contributed by atoms with Crippen molar-refractivity contribution in [2.24, 2.45) is 5.92 Å². The molecule has 1 aromatic rings. The predicted molar refractivity (Wildman–Crippen MR) is 59.4 cm³/mol. The van der Waals surface area contributed by atoms with Crippen LogP contribution >= 0.6 is 0 Å². The zero-order valence-electron chi connectivity index (χ0n) is 8.67. The second kappa shape index (κ2) is 7.40. The topological polar surface area (TPSA) is 0 Å². The summed E-state index contributed by atoms with van der Waals surface area (Å²) in [6, 6.07) is 10.3. The van der Waals surface area contributed by atoms with Gasteiger partial charge in [-0.1, -0.05) is 60.9 Å². The average Bonchev–Trinajstić information content (AvgIpc) is 2.07. The summed E-state index contributed by atoms with van der Waals surface area (Å²) in [5.74, 6) is 0.946. The average molecular weight is 178 g/mol. The molecule has 0 unspecified atom stereocenters. The van der Waals surface area contributed by atoms with Crippen molar-refractivity contribution < 1.29 is 0 Å². The maximum absolute atomic E-state index is 2.26. The standard InChI is InChI=1S/C7H8.C4H9.Al.2H/c1-7-5-3-2-4-6-7;1-4(2)3;;;/h2-6H,1H3;4H,1H2,2-3H3;;;. The van der Waals surface area contributed by atoms with E-state index in [1.165, 1.54) is 27.1 Å². The normalized spacial score (nSPS) is 9.00. The minimum Gasteiger partial charge on any atom is -0.0990 e. The molecule has 0 radical (unpaired) electrons. The van der Waals surface area contributed by atoms with E-state index >= 15 is 0 Å². The molecule has 1 heteroatoms. The highest BCUT2D eigenvalue weighted by Crippen LogP contribution is 1.92. The molecule has 66 valence electrons. The fourth-order valence-electron chi connectivity index (χ4n) is 0.534. The molecule has 0 amide bonds. The molecule has 0 saturated heterocycles. The van der Waals surface area contributed by atoms with Crippen LogP contribution in [0.4, 0.5) is 0 Å². The van der Waals surface area contributed by atoms with E-state index in [1.54, 1.807) is 0 Å². The molecule has 0 N–H and O–H groups in total. The van der Waals surface area contributed by atoms with Crippen LogP contribution in [0.25, 0.3) is 0 Å². The lowest BCUT2D eigenvalue weighted by Gasteiger charge is -1.90. The molecule has 12 heavy (non-hydrogen) atoms. The van der Waals surface area contributed by atoms with Crippen molar-refractivity contribution in [3.8, 4) is 0 Å². The predicted octanol–water partition coefficient (Wildman–Crippen LogP) is 2.69. The van der Waals surface area contributed by atoms with Crippen molar-refractivity contribution >= 4 is 16.3 Å². The molecule has 0 heterocycles. The fourth-order valence-corrected chi connectivity index (χ4v) is 0.534. The lowest BCUT2D eigenvalue weighted by Crippen LogP contribution is -1.80. The van der Waals surface area contributed by atoms with E-state index < -0.39 is 0 Å². The third-order valence-corrected chi connectivity index (χ3v) is 3.39. The largest absolute Gasteiger partial charge is 0.212 e. The van der Waals surface area contributed by atoms with Gasteiger partial charge in [0, 0.05) is 0 Å². The summed E-state index contributed by atoms with van der Waals surface area (Å²) in [6.45, 7) is 6.60. The van der Waals surface area contributed by atoms with E-state index in [2.05, 4.69) is 32.9 Å². The van der Waals surface area contributed by atoms with Crippen molar-refractivity contribution in [1.29, 1.82) is 0 Å². The molecule has 1 aromatic carbocycles. The van der Waals surface area contributed by atoms with Crippen LogP contribution in [0.5, 0.6) is 0 Å². The van der Waals surface area contributed by atoms with Crippen LogP contribution < -0.4 is 0 Å². The zero-order chi connectivity index (χ0) is 9.40. The van der Waals surface area contributed by atoms with Crippen molar-refractivity contribution in [3.63, 3.8) is 0 Å². The van der Waals surface area contributed by atoms with Crippen molar-refractivity contribution in [2.45, 2.75) is 26.1 Å². The van der Waals surface area contributed by atoms with Gasteiger partial charge in [0.15, 0.2) is 0 Å². The molecule has 0 aliphatic heterocycles. The Balaban J connectivity index is 0.000000217. The summed E-state index contributed by atoms with van der Waals surface area (Å²) in [7, 11) is 0. The Hall–Kier alpha value is -0.248. The van der Waals surface area contributed by atoms with E-state index in [0.29, 0.717) is 0 Å². The van der Waals surface area contributed by atoms with E-state index in [4.69, 9.17) is 0 Å². The van der Waals surface area contributed by atoms with Gasteiger partial charge in [0.25, 0.3) is 0 Å². The Morgan fingerprint density at radius 2 is 1.58 bits per heavy atom. The molecule has 0 atom stereocenters. The van der Waals surface area contributed by atoms with E-state index in [-0.39, 0.29) is 0 Å². The summed E-state index contributed by atoms with van der Waals surface area (Å²) in [4.78, 5) is 0. The summed E-state index contributed by atoms with van der Waals surface area (Å²) in [5, 5.41) is 1.44. The number of aryl methyl sites for hydroxylation is 1. The van der Waals surface area contributed by atoms with Gasteiger partial charge < -0.3 is 0 Å². The van der Waals surface area contributed by atoms with Gasteiger partial charge in [0.2, 0.25) is 16.3 Å². The van der Waals surface area contributed by atoms with Crippen molar-refractivity contribution in [2.75, 3.05) is 0 Å². The summed E-state index contributed by atoms with van der Waals surface area (Å²) in [6.07, 6.45) is 0. The maximum atomic E-state index is 2.26. The first kappa shape index (κ1) is 11.8. The monoisotopic (exact) mass is 178 g/mol. The molecule has 0 fully saturated rings. The summed E-state index contributed by atoms with van der Waals surface area (Å²) >= 11 is 1.37. The number of hydrogen-bond acceptors (Lipinski definition) is 0. The van der Waals surface area contributed by atoms with Crippen molar-refractivity contribution in [3.05, 3.63) is 35.9 Å². The van der Waals surface area contributed by atoms with Gasteiger partial charge in [-0.15, -0.1) is 0 Å². The highest BCUT2D eigenvalue weighted by molar-refractivity contribution is 6.08. The van der Waals surface area contributed by atoms with E-state index in [0.717, 1.165) is 5.92 Å². The molecular weight excluding hydrogens is 159 g/mol. The zero-order valence-corrected chi connectivity index (χ0v) is 10.7. The molecule has 0 aromatic heterocycles. The van der Waals surface area contributed by atoms with Crippen LogP contribution in [0, 0.1) is 12.8 Å². The molecule has 0 bridgehead atoms. The van der Waals surface area contributed by atoms with Crippen LogP contribution in [0.3, 0.4) is 0 Å². The smallest absolute Gasteiger partial charge is 0.0990 e. The minimum atomic E-state index is 0.946. The SMILES string of the molecule is CC(C)[CH2][AlH2].Cc1ccccc1. The number of benzene rings is 1. The first-order chi connectivity index (χ1) is 5.66. The first-order valence-electron chi connectivity index (χ1n) is 4.68. The van der Waals surface area contributed by atoms with E-state index in [9.17, 15) is 0 Å². The van der Waals surface area contributed by atoms with E-state index in [1.807, 2.05) is 18.2 Å². The minimum absolute atomic E-state index is 0.946. The third-order valence-electron chi connectivity index (χ3n) is 1.76. The lowest BCUT2D eigenvalue weighted by atomic mass is 10.2. The van der Waals surface area contributed by atoms with Crippen LogP contribution in [0.2, 0.25) is 5.28 Å². The Bertz CT molecular complexity index is 179. The van der Waals surface area contributed by atoms with Gasteiger partial charge in [0.05, 0.1) is 0 Å². The van der Waals surface area contributed by atoms with Crippen LogP contribution in [0.15, 0.2) is 30.3 Å². The first-order valence-corrected chi connectivity index (χ1v) is 6.09. The van der Waals surface area contributed by atoms with Gasteiger partial charge in [-0.2, -0.15) is 0 Å². The van der Waals surface area contributed by atoms with Crippen LogP contribution in [-0.2, 0) is 0 Å². The molecule has 0 aliphatic carbocycles. The lowest BCUT2D eigenvalue weighted by molar-refractivity contribution is 0.735. The quantitative estimate of drug-likeness (QED) is 0.580. The summed E-state index contributed by atoms with van der Waals surface area (Å²) in [5.41, 5.74) is 1.32. The molecule has 0 spiro atoms. The maximum Gasteiger partial charge on any atom is 0.212 e. The van der Waals surface area contributed by atoms with Crippen LogP contribution in [0.1, 0.15) is 19.4 Å². The van der Waals surface area contributed by atoms with Crippen molar-refractivity contribution in [1.82, 2.24) is 0 Å². The summed E-state index contributed by atoms with van der Waals surface area (Å²) < 4.78 is 0. The van der Waals surface area contributed by atoms with Gasteiger partial charge in [-0.25, -0.2) is 0 Å². The highest BCUT2D eigenvalue weighted by Gasteiger charge is 1.80. The molecule has 0 saturated carbocycles. The molecular formula is C11H19Al. The Labute approximate surface area is 84.4 Å². The number of hydrogen-bond donors (Lipinski definition) is 0. The third kappa shape index (κ3) is 7.86. The van der Waals surface area contributed by atoms with Crippen LogP contribution in [-0.4, -0.2) is 16.3 Å². The van der Waals surface area contributed by atoms with Gasteiger partial charge in [0.1, 0.15) is 0 Å². The Kier molecular flexibility index (Phi) is 7.25. The Morgan fingerprint density at radius 1 is 1.17 bits per heavy atom. The molecule has 0 aliphatic rings. The van der Waals surface area contributed by atoms with Gasteiger partial charge in [-0.3, -0.25) is 0 Å². The highest BCUT2D eigenvalue weighted by atomic mass is 27.0. The second-order valence-corrected chi connectivity index (χ2v) is 4.27. The molecule has 0 nitrogen and oxygen atoms in total. The second-order valence-electron chi connectivity index (χ2n) is 3.46.